The van der Waals surface area contributed by atoms with Crippen molar-refractivity contribution in [2.24, 2.45) is 0 Å². The van der Waals surface area contributed by atoms with Crippen LogP contribution in [0.1, 0.15) is 44.7 Å². The second-order valence-electron chi connectivity index (χ2n) is 4.66. The van der Waals surface area contributed by atoms with Crippen LogP contribution < -0.4 is 5.32 Å². The van der Waals surface area contributed by atoms with Crippen LogP contribution >= 0.6 is 43.2 Å². The number of hydrogen-bond donors (Lipinski definition) is 1. The van der Waals surface area contributed by atoms with Crippen molar-refractivity contribution in [3.05, 3.63) is 19.2 Å². The Morgan fingerprint density at radius 3 is 2.55 bits per heavy atom. The summed E-state index contributed by atoms with van der Waals surface area (Å²) in [5.41, 5.74) is 1.21. The molecule has 0 fully saturated rings. The Hall–Kier alpha value is 0.570. The summed E-state index contributed by atoms with van der Waals surface area (Å²) in [5, 5.41) is 3.51. The Bertz CT molecular complexity index is 514. The summed E-state index contributed by atoms with van der Waals surface area (Å²) >= 11 is 8.73. The lowest BCUT2D eigenvalue weighted by atomic mass is 10.1. The summed E-state index contributed by atoms with van der Waals surface area (Å²) in [6, 6.07) is 2.31. The zero-order valence-electron chi connectivity index (χ0n) is 11.8. The van der Waals surface area contributed by atoms with E-state index in [1.165, 1.54) is 5.56 Å². The Morgan fingerprint density at radius 1 is 1.35 bits per heavy atom. The zero-order valence-corrected chi connectivity index (χ0v) is 16.6. The molecule has 1 rings (SSSR count). The van der Waals surface area contributed by atoms with E-state index in [1.54, 1.807) is 18.3 Å². The number of nitrogens with one attached hydrogen (secondary N) is 1. The molecule has 1 heterocycles. The monoisotopic (exact) mass is 445 g/mol. The highest BCUT2D eigenvalue weighted by Gasteiger charge is 2.17. The zero-order chi connectivity index (χ0) is 15.2. The van der Waals surface area contributed by atoms with Gasteiger partial charge in [0.15, 0.2) is 0 Å². The van der Waals surface area contributed by atoms with Gasteiger partial charge in [-0.2, -0.15) is 0 Å². The third-order valence-corrected chi connectivity index (χ3v) is 7.26. The Morgan fingerprint density at radius 2 is 2.05 bits per heavy atom. The van der Waals surface area contributed by atoms with E-state index in [1.807, 2.05) is 0 Å². The molecule has 0 aromatic carbocycles. The molecule has 3 nitrogen and oxygen atoms in total. The van der Waals surface area contributed by atoms with Gasteiger partial charge in [-0.25, -0.2) is 8.42 Å². The number of sulfone groups is 1. The molecule has 0 aliphatic rings. The van der Waals surface area contributed by atoms with Crippen LogP contribution in [-0.4, -0.2) is 26.5 Å². The first-order valence-electron chi connectivity index (χ1n) is 6.78. The van der Waals surface area contributed by atoms with E-state index in [-0.39, 0.29) is 17.5 Å². The maximum absolute atomic E-state index is 11.6. The summed E-state index contributed by atoms with van der Waals surface area (Å²) in [4.78, 5) is 0. The molecule has 0 saturated carbocycles. The number of hydrogen-bond acceptors (Lipinski definition) is 4. The van der Waals surface area contributed by atoms with Crippen molar-refractivity contribution in [1.29, 1.82) is 0 Å². The van der Waals surface area contributed by atoms with Gasteiger partial charge in [0.05, 0.1) is 13.3 Å². The maximum atomic E-state index is 11.6. The predicted octanol–water partition coefficient (Wildman–Crippen LogP) is 4.53. The molecule has 0 amide bonds. The van der Waals surface area contributed by atoms with Crippen LogP contribution in [0.25, 0.3) is 0 Å². The predicted molar refractivity (Wildman–Crippen MR) is 94.3 cm³/mol. The van der Waals surface area contributed by atoms with E-state index in [9.17, 15) is 8.42 Å². The third kappa shape index (κ3) is 6.13. The van der Waals surface area contributed by atoms with Crippen LogP contribution in [0.2, 0.25) is 0 Å². The molecule has 20 heavy (non-hydrogen) atoms. The van der Waals surface area contributed by atoms with Gasteiger partial charge in [-0.15, -0.1) is 11.3 Å². The fourth-order valence-corrected chi connectivity index (χ4v) is 5.80. The Kier molecular flexibility index (Phi) is 8.27. The SMILES string of the molecule is CCCNC(CCCS(=O)(=O)CC)c1cc(Br)sc1Br. The first kappa shape index (κ1) is 18.6. The third-order valence-electron chi connectivity index (χ3n) is 3.09. The van der Waals surface area contributed by atoms with Crippen LogP contribution in [0.5, 0.6) is 0 Å². The quantitative estimate of drug-likeness (QED) is 0.606. The van der Waals surface area contributed by atoms with Crippen molar-refractivity contribution >= 4 is 53.0 Å². The summed E-state index contributed by atoms with van der Waals surface area (Å²) in [6.45, 7) is 4.77. The molecule has 1 N–H and O–H groups in total. The molecule has 0 aliphatic carbocycles. The van der Waals surface area contributed by atoms with Gasteiger partial charge in [0, 0.05) is 11.8 Å². The highest BCUT2D eigenvalue weighted by Crippen LogP contribution is 2.37. The largest absolute Gasteiger partial charge is 0.310 e. The van der Waals surface area contributed by atoms with Gasteiger partial charge in [0.1, 0.15) is 9.84 Å². The van der Waals surface area contributed by atoms with Crippen molar-refractivity contribution in [3.63, 3.8) is 0 Å². The van der Waals surface area contributed by atoms with Crippen LogP contribution in [-0.2, 0) is 9.84 Å². The Labute approximate surface area is 142 Å². The van der Waals surface area contributed by atoms with Crippen LogP contribution in [0, 0.1) is 0 Å². The molecule has 1 aromatic heterocycles. The van der Waals surface area contributed by atoms with Crippen molar-refractivity contribution in [2.75, 3.05) is 18.1 Å². The summed E-state index contributed by atoms with van der Waals surface area (Å²) in [7, 11) is -2.87. The molecule has 1 aromatic rings. The van der Waals surface area contributed by atoms with Gasteiger partial charge in [0.25, 0.3) is 0 Å². The molecule has 0 radical (unpaired) electrons. The van der Waals surface area contributed by atoms with E-state index in [0.29, 0.717) is 6.42 Å². The standard InChI is InChI=1S/C13H21Br2NO2S2/c1-3-7-16-11(6-5-8-20(17,18)4-2)10-9-12(14)19-13(10)15/h9,11,16H,3-8H2,1-2H3. The maximum Gasteiger partial charge on any atom is 0.150 e. The highest BCUT2D eigenvalue weighted by atomic mass is 79.9. The van der Waals surface area contributed by atoms with Gasteiger partial charge in [-0.1, -0.05) is 13.8 Å². The van der Waals surface area contributed by atoms with Gasteiger partial charge in [-0.05, 0) is 69.3 Å². The molecule has 116 valence electrons. The van der Waals surface area contributed by atoms with E-state index in [2.05, 4.69) is 50.2 Å². The lowest BCUT2D eigenvalue weighted by Gasteiger charge is -2.18. The summed E-state index contributed by atoms with van der Waals surface area (Å²) < 4.78 is 25.3. The second kappa shape index (κ2) is 8.88. The van der Waals surface area contributed by atoms with Crippen molar-refractivity contribution < 1.29 is 8.42 Å². The molecule has 0 bridgehead atoms. The van der Waals surface area contributed by atoms with Crippen LogP contribution in [0.3, 0.4) is 0 Å². The van der Waals surface area contributed by atoms with Crippen LogP contribution in [0.15, 0.2) is 13.6 Å². The fraction of sp³-hybridized carbons (Fsp3) is 0.692. The van der Waals surface area contributed by atoms with Crippen molar-refractivity contribution in [3.8, 4) is 0 Å². The lowest BCUT2D eigenvalue weighted by Crippen LogP contribution is -2.23. The van der Waals surface area contributed by atoms with E-state index < -0.39 is 9.84 Å². The van der Waals surface area contributed by atoms with Crippen molar-refractivity contribution in [1.82, 2.24) is 5.32 Å². The van der Waals surface area contributed by atoms with Gasteiger partial charge >= 0.3 is 0 Å². The number of halogens is 2. The van der Waals surface area contributed by atoms with E-state index in [4.69, 9.17) is 0 Å². The van der Waals surface area contributed by atoms with E-state index >= 15 is 0 Å². The van der Waals surface area contributed by atoms with Crippen LogP contribution in [0.4, 0.5) is 0 Å². The minimum atomic E-state index is -2.87. The second-order valence-corrected chi connectivity index (χ2v) is 10.9. The topological polar surface area (TPSA) is 46.2 Å². The normalized spacial score (nSPS) is 13.6. The summed E-state index contributed by atoms with van der Waals surface area (Å²) in [5.74, 6) is 0.504. The minimum Gasteiger partial charge on any atom is -0.310 e. The number of thiophene rings is 1. The van der Waals surface area contributed by atoms with Gasteiger partial charge in [0.2, 0.25) is 0 Å². The number of rotatable bonds is 9. The lowest BCUT2D eigenvalue weighted by molar-refractivity contribution is 0.492. The van der Waals surface area contributed by atoms with Crippen molar-refractivity contribution in [2.45, 2.75) is 39.2 Å². The average molecular weight is 447 g/mol. The molecule has 0 spiro atoms. The molecule has 0 aliphatic heterocycles. The first-order chi connectivity index (χ1) is 9.39. The van der Waals surface area contributed by atoms with Gasteiger partial charge < -0.3 is 5.32 Å². The summed E-state index contributed by atoms with van der Waals surface area (Å²) in [6.07, 6.45) is 2.59. The molecule has 1 unspecified atom stereocenters. The first-order valence-corrected chi connectivity index (χ1v) is 11.0. The Balaban J connectivity index is 2.68. The molecule has 1 atom stereocenters. The average Bonchev–Trinajstić information content (AvgIpc) is 2.72. The molecular formula is C13H21Br2NO2S2. The molecule has 0 saturated heterocycles. The van der Waals surface area contributed by atoms with E-state index in [0.717, 1.165) is 27.0 Å². The molecule has 7 heteroatoms. The minimum absolute atomic E-state index is 0.207. The smallest absolute Gasteiger partial charge is 0.150 e. The van der Waals surface area contributed by atoms with Gasteiger partial charge in [-0.3, -0.25) is 0 Å². The molecular weight excluding hydrogens is 426 g/mol. The fourth-order valence-electron chi connectivity index (χ4n) is 1.93. The highest BCUT2D eigenvalue weighted by molar-refractivity contribution is 9.12.